The first-order valence-electron chi connectivity index (χ1n) is 8.55. The molecule has 2 nitrogen and oxygen atoms in total. The van der Waals surface area contributed by atoms with Gasteiger partial charge >= 0.3 is 0 Å². The molecule has 0 fully saturated rings. The number of allylic oxidation sites excluding steroid dienone is 2. The van der Waals surface area contributed by atoms with Crippen LogP contribution >= 0.6 is 0 Å². The number of H-pyrrole nitrogens is 1. The summed E-state index contributed by atoms with van der Waals surface area (Å²) in [7, 11) is 1.81. The van der Waals surface area contributed by atoms with Crippen LogP contribution in [-0.2, 0) is 10.2 Å². The minimum atomic E-state index is -0.0887. The highest BCUT2D eigenvalue weighted by molar-refractivity contribution is 5.86. The van der Waals surface area contributed by atoms with Crippen molar-refractivity contribution in [2.45, 2.75) is 32.1 Å². The number of fused-ring (bicyclic) bond motifs is 1. The van der Waals surface area contributed by atoms with Crippen LogP contribution in [0.2, 0.25) is 0 Å². The lowest BCUT2D eigenvalue weighted by Crippen LogP contribution is -2.22. The molecule has 0 radical (unpaired) electrons. The number of benzene rings is 2. The van der Waals surface area contributed by atoms with Crippen molar-refractivity contribution in [2.24, 2.45) is 0 Å². The SMILES string of the molecule is COC1=C(c2ccc(C)cc2)CCC1(C)c1c[nH]c2ccccc12. The van der Waals surface area contributed by atoms with Gasteiger partial charge in [0.25, 0.3) is 0 Å². The summed E-state index contributed by atoms with van der Waals surface area (Å²) in [6.45, 7) is 4.43. The summed E-state index contributed by atoms with van der Waals surface area (Å²) < 4.78 is 5.96. The molecule has 0 bridgehead atoms. The summed E-state index contributed by atoms with van der Waals surface area (Å²) in [5.74, 6) is 1.11. The fraction of sp³-hybridized carbons (Fsp3) is 0.273. The molecule has 0 spiro atoms. The third-order valence-electron chi connectivity index (χ3n) is 5.44. The maximum atomic E-state index is 5.96. The van der Waals surface area contributed by atoms with Gasteiger partial charge in [0, 0.05) is 17.1 Å². The van der Waals surface area contributed by atoms with Gasteiger partial charge in [0.1, 0.15) is 5.76 Å². The molecule has 1 aromatic heterocycles. The van der Waals surface area contributed by atoms with E-state index in [4.69, 9.17) is 4.74 Å². The molecule has 2 aromatic carbocycles. The molecule has 1 unspecified atom stereocenters. The van der Waals surface area contributed by atoms with E-state index in [1.807, 2.05) is 7.11 Å². The third-order valence-corrected chi connectivity index (χ3v) is 5.44. The summed E-state index contributed by atoms with van der Waals surface area (Å²) in [6.07, 6.45) is 4.27. The maximum Gasteiger partial charge on any atom is 0.110 e. The van der Waals surface area contributed by atoms with E-state index in [0.29, 0.717) is 0 Å². The van der Waals surface area contributed by atoms with Gasteiger partial charge < -0.3 is 9.72 Å². The number of aromatic amines is 1. The zero-order chi connectivity index (χ0) is 16.7. The Kier molecular flexibility index (Phi) is 3.49. The number of nitrogens with one attached hydrogen (secondary N) is 1. The van der Waals surface area contributed by atoms with Gasteiger partial charge in [-0.1, -0.05) is 48.0 Å². The number of para-hydroxylation sites is 1. The molecule has 24 heavy (non-hydrogen) atoms. The molecule has 0 aliphatic heterocycles. The van der Waals surface area contributed by atoms with Gasteiger partial charge in [-0.25, -0.2) is 0 Å². The number of methoxy groups -OCH3 is 1. The lowest BCUT2D eigenvalue weighted by Gasteiger charge is -2.27. The molecule has 0 amide bonds. The Morgan fingerprint density at radius 3 is 2.54 bits per heavy atom. The van der Waals surface area contributed by atoms with E-state index in [1.165, 1.54) is 33.2 Å². The first kappa shape index (κ1) is 15.1. The number of hydrogen-bond donors (Lipinski definition) is 1. The van der Waals surface area contributed by atoms with Crippen molar-refractivity contribution >= 4 is 16.5 Å². The van der Waals surface area contributed by atoms with Crippen LogP contribution in [0.5, 0.6) is 0 Å². The highest BCUT2D eigenvalue weighted by Gasteiger charge is 2.41. The second-order valence-electron chi connectivity index (χ2n) is 6.96. The van der Waals surface area contributed by atoms with E-state index >= 15 is 0 Å². The minimum Gasteiger partial charge on any atom is -0.500 e. The number of ether oxygens (including phenoxy) is 1. The average Bonchev–Trinajstić information content (AvgIpc) is 3.17. The Labute approximate surface area is 143 Å². The van der Waals surface area contributed by atoms with E-state index in [0.717, 1.165) is 18.6 Å². The van der Waals surface area contributed by atoms with E-state index in [2.05, 4.69) is 73.6 Å². The molecule has 1 aliphatic rings. The zero-order valence-electron chi connectivity index (χ0n) is 14.5. The predicted octanol–water partition coefficient (Wildman–Crippen LogP) is 5.59. The molecule has 1 atom stereocenters. The zero-order valence-corrected chi connectivity index (χ0v) is 14.5. The summed E-state index contributed by atoms with van der Waals surface area (Å²) in [5.41, 5.74) is 6.33. The lowest BCUT2D eigenvalue weighted by molar-refractivity contribution is 0.236. The smallest absolute Gasteiger partial charge is 0.110 e. The Morgan fingerprint density at radius 1 is 1.04 bits per heavy atom. The van der Waals surface area contributed by atoms with Crippen LogP contribution in [0.3, 0.4) is 0 Å². The van der Waals surface area contributed by atoms with Crippen LogP contribution in [0.25, 0.3) is 16.5 Å². The first-order valence-corrected chi connectivity index (χ1v) is 8.55. The summed E-state index contributed by atoms with van der Waals surface area (Å²) >= 11 is 0. The molecule has 0 saturated carbocycles. The summed E-state index contributed by atoms with van der Waals surface area (Å²) in [5, 5.41) is 1.29. The highest BCUT2D eigenvalue weighted by atomic mass is 16.5. The van der Waals surface area contributed by atoms with E-state index in [-0.39, 0.29) is 5.41 Å². The third kappa shape index (κ3) is 2.17. The fourth-order valence-corrected chi connectivity index (χ4v) is 4.10. The number of rotatable bonds is 3. The molecule has 1 N–H and O–H groups in total. The first-order chi connectivity index (χ1) is 11.6. The van der Waals surface area contributed by atoms with Crippen molar-refractivity contribution < 1.29 is 4.74 Å². The second-order valence-corrected chi connectivity index (χ2v) is 6.96. The number of hydrogen-bond acceptors (Lipinski definition) is 1. The van der Waals surface area contributed by atoms with Gasteiger partial charge in [-0.05, 0) is 49.5 Å². The molecule has 1 heterocycles. The van der Waals surface area contributed by atoms with Crippen LogP contribution in [0.1, 0.15) is 36.5 Å². The van der Waals surface area contributed by atoms with Crippen LogP contribution in [0, 0.1) is 6.92 Å². The molecule has 1 aliphatic carbocycles. The van der Waals surface area contributed by atoms with Crippen molar-refractivity contribution in [1.82, 2.24) is 4.98 Å². The van der Waals surface area contributed by atoms with Crippen molar-refractivity contribution in [3.05, 3.63) is 77.2 Å². The summed E-state index contributed by atoms with van der Waals surface area (Å²) in [6, 6.07) is 17.3. The largest absolute Gasteiger partial charge is 0.500 e. The topological polar surface area (TPSA) is 25.0 Å². The Bertz CT molecular complexity index is 917. The van der Waals surface area contributed by atoms with Crippen molar-refractivity contribution in [3.8, 4) is 0 Å². The average molecular weight is 317 g/mol. The van der Waals surface area contributed by atoms with Crippen molar-refractivity contribution in [1.29, 1.82) is 0 Å². The number of aromatic nitrogens is 1. The maximum absolute atomic E-state index is 5.96. The second kappa shape index (κ2) is 5.55. The standard InChI is InChI=1S/C22H23NO/c1-15-8-10-16(11-9-15)17-12-13-22(2,21(17)24-3)19-14-23-20-7-5-4-6-18(19)20/h4-11,14,23H,12-13H2,1-3H3. The lowest BCUT2D eigenvalue weighted by atomic mass is 9.80. The van der Waals surface area contributed by atoms with Gasteiger partial charge in [-0.2, -0.15) is 0 Å². The quantitative estimate of drug-likeness (QED) is 0.669. The highest BCUT2D eigenvalue weighted by Crippen LogP contribution is 2.50. The van der Waals surface area contributed by atoms with Crippen molar-refractivity contribution in [3.63, 3.8) is 0 Å². The van der Waals surface area contributed by atoms with Gasteiger partial charge in [0.05, 0.1) is 12.5 Å². The van der Waals surface area contributed by atoms with Gasteiger partial charge in [-0.3, -0.25) is 0 Å². The van der Waals surface area contributed by atoms with E-state index in [1.54, 1.807) is 0 Å². The Morgan fingerprint density at radius 2 is 1.79 bits per heavy atom. The van der Waals surface area contributed by atoms with Crippen molar-refractivity contribution in [2.75, 3.05) is 7.11 Å². The van der Waals surface area contributed by atoms with Crippen LogP contribution in [-0.4, -0.2) is 12.1 Å². The Hall–Kier alpha value is -2.48. The monoisotopic (exact) mass is 317 g/mol. The van der Waals surface area contributed by atoms with Gasteiger partial charge in [-0.15, -0.1) is 0 Å². The number of aryl methyl sites for hydroxylation is 1. The van der Waals surface area contributed by atoms with E-state index < -0.39 is 0 Å². The normalized spacial score (nSPS) is 20.8. The van der Waals surface area contributed by atoms with E-state index in [9.17, 15) is 0 Å². The molecule has 0 saturated heterocycles. The Balaban J connectivity index is 1.87. The molecule has 2 heteroatoms. The molecular formula is C22H23NO. The summed E-state index contributed by atoms with van der Waals surface area (Å²) in [4.78, 5) is 3.42. The molecule has 122 valence electrons. The minimum absolute atomic E-state index is 0.0887. The molecule has 4 rings (SSSR count). The molecular weight excluding hydrogens is 294 g/mol. The molecule has 3 aromatic rings. The van der Waals surface area contributed by atoms with Crippen LogP contribution in [0.15, 0.2) is 60.5 Å². The fourth-order valence-electron chi connectivity index (χ4n) is 4.10. The predicted molar refractivity (Wildman–Crippen MR) is 100.0 cm³/mol. The van der Waals surface area contributed by atoms with Gasteiger partial charge in [0.2, 0.25) is 0 Å². The van der Waals surface area contributed by atoms with Crippen LogP contribution < -0.4 is 0 Å². The van der Waals surface area contributed by atoms with Crippen LogP contribution in [0.4, 0.5) is 0 Å². The van der Waals surface area contributed by atoms with Gasteiger partial charge in [0.15, 0.2) is 0 Å².